The Morgan fingerprint density at radius 1 is 1.23 bits per heavy atom. The first kappa shape index (κ1) is 17.9. The third kappa shape index (κ3) is 3.37. The number of phenols is 1. The molecule has 0 spiro atoms. The first-order chi connectivity index (χ1) is 12.5. The van der Waals surface area contributed by atoms with E-state index < -0.39 is 0 Å². The van der Waals surface area contributed by atoms with Crippen molar-refractivity contribution < 1.29 is 9.84 Å². The lowest BCUT2D eigenvalue weighted by atomic mass is 9.90. The molecule has 2 aromatic rings. The number of hydrogen-bond acceptors (Lipinski definition) is 4. The molecule has 1 aromatic carbocycles. The Labute approximate surface area is 160 Å². The second-order valence-corrected chi connectivity index (χ2v) is 9.31. The fraction of sp³-hybridized carbons (Fsp3) is 0.545. The molecule has 140 valence electrons. The van der Waals surface area contributed by atoms with Gasteiger partial charge in [-0.2, -0.15) is 0 Å². The van der Waals surface area contributed by atoms with E-state index in [1.165, 1.54) is 29.5 Å². The molecule has 4 heteroatoms. The summed E-state index contributed by atoms with van der Waals surface area (Å²) >= 11 is 2.03. The molecule has 3 nitrogen and oxygen atoms in total. The van der Waals surface area contributed by atoms with Crippen LogP contribution in [0.15, 0.2) is 18.2 Å². The predicted molar refractivity (Wildman–Crippen MR) is 107 cm³/mol. The minimum Gasteiger partial charge on any atom is -0.504 e. The van der Waals surface area contributed by atoms with E-state index in [9.17, 15) is 5.11 Å². The highest BCUT2D eigenvalue weighted by Crippen LogP contribution is 2.42. The third-order valence-electron chi connectivity index (χ3n) is 5.84. The molecule has 1 N–H and O–H groups in total. The van der Waals surface area contributed by atoms with Gasteiger partial charge in [-0.1, -0.05) is 13.8 Å². The van der Waals surface area contributed by atoms with E-state index in [0.717, 1.165) is 38.3 Å². The maximum atomic E-state index is 10.3. The summed E-state index contributed by atoms with van der Waals surface area (Å²) in [7, 11) is 1.62. The van der Waals surface area contributed by atoms with Gasteiger partial charge in [0.15, 0.2) is 11.5 Å². The normalized spacial score (nSPS) is 19.6. The molecule has 26 heavy (non-hydrogen) atoms. The lowest BCUT2D eigenvalue weighted by molar-refractivity contribution is 0.173. The molecule has 1 aromatic heterocycles. The number of ether oxygens (including phenoxy) is 1. The van der Waals surface area contributed by atoms with Gasteiger partial charge >= 0.3 is 0 Å². The Balaban J connectivity index is 1.57. The van der Waals surface area contributed by atoms with Gasteiger partial charge in [-0.25, -0.2) is 0 Å². The van der Waals surface area contributed by atoms with Crippen LogP contribution >= 0.6 is 11.3 Å². The van der Waals surface area contributed by atoms with Crippen molar-refractivity contribution in [2.24, 2.45) is 5.92 Å². The molecule has 0 saturated carbocycles. The maximum Gasteiger partial charge on any atom is 0.160 e. The number of rotatable bonds is 4. The molecule has 2 aliphatic rings. The van der Waals surface area contributed by atoms with E-state index in [-0.39, 0.29) is 5.75 Å². The highest BCUT2D eigenvalue weighted by Gasteiger charge is 2.31. The van der Waals surface area contributed by atoms with Crippen LogP contribution in [-0.2, 0) is 25.8 Å². The van der Waals surface area contributed by atoms with Crippen LogP contribution in [0, 0.1) is 5.92 Å². The average molecular weight is 372 g/mol. The third-order valence-corrected chi connectivity index (χ3v) is 7.14. The zero-order valence-electron chi connectivity index (χ0n) is 16.0. The topological polar surface area (TPSA) is 32.7 Å². The van der Waals surface area contributed by atoms with Crippen molar-refractivity contribution in [3.8, 4) is 11.5 Å². The van der Waals surface area contributed by atoms with Crippen LogP contribution < -0.4 is 4.74 Å². The van der Waals surface area contributed by atoms with Crippen LogP contribution in [0.3, 0.4) is 0 Å². The smallest absolute Gasteiger partial charge is 0.160 e. The Kier molecular flexibility index (Phi) is 4.98. The number of phenolic OH excluding ortho intramolecular Hbond substituents is 1. The molecule has 0 bridgehead atoms. The van der Waals surface area contributed by atoms with Gasteiger partial charge in [0.2, 0.25) is 0 Å². The summed E-state index contributed by atoms with van der Waals surface area (Å²) in [6.07, 6.45) is 5.81. The number of hydrogen-bond donors (Lipinski definition) is 1. The Morgan fingerprint density at radius 3 is 2.85 bits per heavy atom. The van der Waals surface area contributed by atoms with Crippen LogP contribution in [0.4, 0.5) is 0 Å². The highest BCUT2D eigenvalue weighted by molar-refractivity contribution is 7.12. The number of benzene rings is 1. The number of nitrogens with zero attached hydrogens (tertiary/aromatic N) is 1. The molecule has 4 rings (SSSR count). The van der Waals surface area contributed by atoms with Gasteiger partial charge < -0.3 is 9.84 Å². The fourth-order valence-corrected chi connectivity index (χ4v) is 5.59. The average Bonchev–Trinajstić information content (AvgIpc) is 2.91. The molecule has 0 radical (unpaired) electrons. The van der Waals surface area contributed by atoms with Crippen molar-refractivity contribution in [1.82, 2.24) is 4.90 Å². The summed E-state index contributed by atoms with van der Waals surface area (Å²) < 4.78 is 5.30. The first-order valence-electron chi connectivity index (χ1n) is 9.79. The van der Waals surface area contributed by atoms with Crippen molar-refractivity contribution in [1.29, 1.82) is 0 Å². The fourth-order valence-electron chi connectivity index (χ4n) is 4.37. The van der Waals surface area contributed by atoms with Gasteiger partial charge in [0.1, 0.15) is 0 Å². The zero-order chi connectivity index (χ0) is 18.3. The summed E-state index contributed by atoms with van der Waals surface area (Å²) in [5.74, 6) is 1.63. The van der Waals surface area contributed by atoms with Crippen molar-refractivity contribution in [2.75, 3.05) is 13.7 Å². The predicted octanol–water partition coefficient (Wildman–Crippen LogP) is 5.10. The van der Waals surface area contributed by atoms with Gasteiger partial charge in [0.05, 0.1) is 7.11 Å². The van der Waals surface area contributed by atoms with Crippen LogP contribution in [0.25, 0.3) is 0 Å². The van der Waals surface area contributed by atoms with E-state index in [1.807, 2.05) is 23.5 Å². The standard InChI is InChI=1S/C22H29NO2S/c1-14(2)4-5-17-10-16-13-23-9-8-15-11-21(25-3)20(24)12-18(15)19(23)6-7-22(16)26-17/h10-12,14,19,24H,4-9,13H2,1-3H3/t19-/m0/s1. The summed E-state index contributed by atoms with van der Waals surface area (Å²) in [5.41, 5.74) is 4.17. The lowest BCUT2D eigenvalue weighted by Gasteiger charge is -2.36. The Hall–Kier alpha value is -1.52. The number of methoxy groups -OCH3 is 1. The van der Waals surface area contributed by atoms with E-state index in [0.29, 0.717) is 11.8 Å². The lowest BCUT2D eigenvalue weighted by Crippen LogP contribution is -2.34. The highest BCUT2D eigenvalue weighted by atomic mass is 32.1. The van der Waals surface area contributed by atoms with Crippen LogP contribution in [0.5, 0.6) is 11.5 Å². The molecule has 0 aliphatic carbocycles. The van der Waals surface area contributed by atoms with Crippen molar-refractivity contribution in [3.05, 3.63) is 44.6 Å². The molecule has 2 aliphatic heterocycles. The molecule has 0 amide bonds. The van der Waals surface area contributed by atoms with E-state index in [1.54, 1.807) is 16.9 Å². The second kappa shape index (κ2) is 7.24. The quantitative estimate of drug-likeness (QED) is 0.812. The minimum atomic E-state index is 0.267. The summed E-state index contributed by atoms with van der Waals surface area (Å²) in [6, 6.07) is 6.85. The van der Waals surface area contributed by atoms with Gasteiger partial charge in [0, 0.05) is 28.9 Å². The molecular weight excluding hydrogens is 342 g/mol. The van der Waals surface area contributed by atoms with Gasteiger partial charge in [0.25, 0.3) is 0 Å². The number of aromatic hydroxyl groups is 1. The number of fused-ring (bicyclic) bond motifs is 4. The molecule has 0 unspecified atom stereocenters. The minimum absolute atomic E-state index is 0.267. The Morgan fingerprint density at radius 2 is 2.08 bits per heavy atom. The summed E-state index contributed by atoms with van der Waals surface area (Å²) in [6.45, 7) is 6.74. The van der Waals surface area contributed by atoms with Gasteiger partial charge in [-0.15, -0.1) is 11.3 Å². The number of aryl methyl sites for hydroxylation is 2. The maximum absolute atomic E-state index is 10.3. The Bertz CT molecular complexity index is 796. The van der Waals surface area contributed by atoms with Gasteiger partial charge in [-0.3, -0.25) is 4.90 Å². The molecule has 3 heterocycles. The van der Waals surface area contributed by atoms with Crippen molar-refractivity contribution in [2.45, 2.75) is 58.5 Å². The van der Waals surface area contributed by atoms with E-state index in [4.69, 9.17) is 4.74 Å². The zero-order valence-corrected chi connectivity index (χ0v) is 16.9. The van der Waals surface area contributed by atoms with Crippen LogP contribution in [0.2, 0.25) is 0 Å². The van der Waals surface area contributed by atoms with Crippen LogP contribution in [0.1, 0.15) is 59.2 Å². The van der Waals surface area contributed by atoms with E-state index in [2.05, 4.69) is 24.8 Å². The molecule has 0 fully saturated rings. The second-order valence-electron chi connectivity index (χ2n) is 8.09. The van der Waals surface area contributed by atoms with Crippen molar-refractivity contribution >= 4 is 11.3 Å². The monoisotopic (exact) mass is 371 g/mol. The van der Waals surface area contributed by atoms with Gasteiger partial charge in [-0.05, 0) is 72.9 Å². The molecule has 1 atom stereocenters. The SMILES string of the molecule is COc1cc2c(cc1O)[C@@H]1CCc3sc(CCC(C)C)cc3CN1CC2. The first-order valence-corrected chi connectivity index (χ1v) is 10.6. The van der Waals surface area contributed by atoms with Crippen LogP contribution in [-0.4, -0.2) is 23.7 Å². The summed E-state index contributed by atoms with van der Waals surface area (Å²) in [5, 5.41) is 10.3. The van der Waals surface area contributed by atoms with Crippen molar-refractivity contribution in [3.63, 3.8) is 0 Å². The number of thiophene rings is 1. The molecule has 0 saturated heterocycles. The summed E-state index contributed by atoms with van der Waals surface area (Å²) in [4.78, 5) is 5.75. The largest absolute Gasteiger partial charge is 0.504 e. The van der Waals surface area contributed by atoms with E-state index >= 15 is 0 Å². The molecular formula is C22H29NO2S.